The summed E-state index contributed by atoms with van der Waals surface area (Å²) in [6, 6.07) is 4.48. The number of benzene rings is 1. The predicted octanol–water partition coefficient (Wildman–Crippen LogP) is 3.01. The highest BCUT2D eigenvalue weighted by Crippen LogP contribution is 2.28. The van der Waals surface area contributed by atoms with Crippen molar-refractivity contribution >= 4 is 11.5 Å². The molecule has 3 nitrogen and oxygen atoms in total. The third-order valence-electron chi connectivity index (χ3n) is 3.18. The van der Waals surface area contributed by atoms with Crippen LogP contribution < -0.4 is 10.5 Å². The van der Waals surface area contributed by atoms with Gasteiger partial charge in [0.1, 0.15) is 23.1 Å². The van der Waals surface area contributed by atoms with E-state index in [4.69, 9.17) is 10.5 Å². The molecular formula is C13H17FN2O. The molecule has 2 rings (SSSR count). The number of nitrogens with zero attached hydrogens (tertiary/aromatic N) is 1. The highest BCUT2D eigenvalue weighted by molar-refractivity contribution is 5.85. The van der Waals surface area contributed by atoms with Gasteiger partial charge in [-0.3, -0.25) is 0 Å². The molecule has 0 unspecified atom stereocenters. The van der Waals surface area contributed by atoms with Gasteiger partial charge in [-0.05, 0) is 25.0 Å². The second kappa shape index (κ2) is 5.17. The molecule has 2 N–H and O–H groups in total. The van der Waals surface area contributed by atoms with Crippen LogP contribution in [0.3, 0.4) is 0 Å². The lowest BCUT2D eigenvalue weighted by molar-refractivity contribution is 0.414. The highest BCUT2D eigenvalue weighted by Gasteiger charge is 2.19. The van der Waals surface area contributed by atoms with Gasteiger partial charge in [-0.2, -0.15) is 0 Å². The van der Waals surface area contributed by atoms with E-state index in [2.05, 4.69) is 4.99 Å². The molecular weight excluding hydrogens is 219 g/mol. The third-order valence-corrected chi connectivity index (χ3v) is 3.18. The highest BCUT2D eigenvalue weighted by atomic mass is 19.1. The average Bonchev–Trinajstić information content (AvgIpc) is 2.85. The molecule has 0 spiro atoms. The van der Waals surface area contributed by atoms with E-state index in [1.165, 1.54) is 18.9 Å². The minimum atomic E-state index is -0.369. The van der Waals surface area contributed by atoms with E-state index in [9.17, 15) is 4.39 Å². The number of methoxy groups -OCH3 is 1. The van der Waals surface area contributed by atoms with Crippen molar-refractivity contribution in [1.29, 1.82) is 0 Å². The Balaban J connectivity index is 2.23. The van der Waals surface area contributed by atoms with Crippen LogP contribution in [0.25, 0.3) is 0 Å². The van der Waals surface area contributed by atoms with Crippen LogP contribution in [-0.4, -0.2) is 12.9 Å². The molecule has 0 radical (unpaired) electrons. The number of ether oxygens (including phenoxy) is 1. The SMILES string of the molecule is COc1ccc(F)c(N=C(N)C2CCCC2)c1. The van der Waals surface area contributed by atoms with Gasteiger partial charge in [0.2, 0.25) is 0 Å². The lowest BCUT2D eigenvalue weighted by atomic mass is 10.1. The van der Waals surface area contributed by atoms with Gasteiger partial charge in [0.25, 0.3) is 0 Å². The summed E-state index contributed by atoms with van der Waals surface area (Å²) >= 11 is 0. The summed E-state index contributed by atoms with van der Waals surface area (Å²) in [5.74, 6) is 1.06. The molecule has 1 aromatic rings. The molecule has 0 heterocycles. The number of halogens is 1. The van der Waals surface area contributed by atoms with Crippen LogP contribution in [0, 0.1) is 11.7 Å². The Morgan fingerprint density at radius 1 is 1.41 bits per heavy atom. The molecule has 1 aliphatic carbocycles. The van der Waals surface area contributed by atoms with E-state index < -0.39 is 0 Å². The van der Waals surface area contributed by atoms with Crippen molar-refractivity contribution in [2.75, 3.05) is 7.11 Å². The molecule has 17 heavy (non-hydrogen) atoms. The molecule has 1 fully saturated rings. The zero-order valence-electron chi connectivity index (χ0n) is 9.95. The zero-order valence-corrected chi connectivity index (χ0v) is 9.95. The summed E-state index contributed by atoms with van der Waals surface area (Å²) < 4.78 is 18.6. The molecule has 1 aliphatic rings. The van der Waals surface area contributed by atoms with E-state index in [1.807, 2.05) is 0 Å². The molecule has 0 saturated heterocycles. The van der Waals surface area contributed by atoms with Crippen molar-refractivity contribution < 1.29 is 9.13 Å². The van der Waals surface area contributed by atoms with Gasteiger partial charge in [-0.1, -0.05) is 12.8 Å². The maximum Gasteiger partial charge on any atom is 0.149 e. The minimum Gasteiger partial charge on any atom is -0.497 e. The summed E-state index contributed by atoms with van der Waals surface area (Å²) in [6.07, 6.45) is 4.48. The van der Waals surface area contributed by atoms with Crippen molar-refractivity contribution in [3.8, 4) is 5.75 Å². The molecule has 0 amide bonds. The maximum absolute atomic E-state index is 13.5. The fraction of sp³-hybridized carbons (Fsp3) is 0.462. The lowest BCUT2D eigenvalue weighted by Crippen LogP contribution is -2.20. The van der Waals surface area contributed by atoms with Crippen molar-refractivity contribution in [3.63, 3.8) is 0 Å². The summed E-state index contributed by atoms with van der Waals surface area (Å²) in [5.41, 5.74) is 6.17. The minimum absolute atomic E-state index is 0.258. The molecule has 0 aliphatic heterocycles. The molecule has 0 bridgehead atoms. The summed E-state index contributed by atoms with van der Waals surface area (Å²) in [4.78, 5) is 4.19. The molecule has 0 aromatic heterocycles. The van der Waals surface area contributed by atoms with Crippen molar-refractivity contribution in [2.45, 2.75) is 25.7 Å². The predicted molar refractivity (Wildman–Crippen MR) is 66.2 cm³/mol. The van der Waals surface area contributed by atoms with E-state index >= 15 is 0 Å². The van der Waals surface area contributed by atoms with Crippen LogP contribution in [0.1, 0.15) is 25.7 Å². The van der Waals surface area contributed by atoms with Gasteiger partial charge < -0.3 is 10.5 Å². The molecule has 1 aromatic carbocycles. The first-order valence-corrected chi connectivity index (χ1v) is 5.88. The van der Waals surface area contributed by atoms with Gasteiger partial charge >= 0.3 is 0 Å². The zero-order chi connectivity index (χ0) is 12.3. The van der Waals surface area contributed by atoms with Crippen LogP contribution in [0.5, 0.6) is 5.75 Å². The number of rotatable bonds is 3. The molecule has 92 valence electrons. The Morgan fingerprint density at radius 3 is 2.76 bits per heavy atom. The Hall–Kier alpha value is -1.58. The molecule has 1 saturated carbocycles. The topological polar surface area (TPSA) is 47.6 Å². The number of amidine groups is 1. The van der Waals surface area contributed by atoms with E-state index in [0.717, 1.165) is 12.8 Å². The number of hydrogen-bond acceptors (Lipinski definition) is 2. The summed E-state index contributed by atoms with van der Waals surface area (Å²) in [5, 5.41) is 0. The van der Waals surface area contributed by atoms with Crippen LogP contribution in [0.4, 0.5) is 10.1 Å². The summed E-state index contributed by atoms with van der Waals surface area (Å²) in [7, 11) is 1.54. The van der Waals surface area contributed by atoms with E-state index in [0.29, 0.717) is 17.5 Å². The first-order chi connectivity index (χ1) is 8.20. The van der Waals surface area contributed by atoms with Crippen molar-refractivity contribution in [3.05, 3.63) is 24.0 Å². The number of hydrogen-bond donors (Lipinski definition) is 1. The monoisotopic (exact) mass is 236 g/mol. The lowest BCUT2D eigenvalue weighted by Gasteiger charge is -2.09. The Morgan fingerprint density at radius 2 is 2.12 bits per heavy atom. The first kappa shape index (κ1) is 11.9. The standard InChI is InChI=1S/C13H17FN2O/c1-17-10-6-7-11(14)12(8-10)16-13(15)9-4-2-3-5-9/h6-9H,2-5H2,1H3,(H2,15,16). The Labute approximate surface area is 100 Å². The van der Waals surface area contributed by atoms with Crippen LogP contribution in [-0.2, 0) is 0 Å². The Bertz CT molecular complexity index is 425. The number of aliphatic imine (C=N–C) groups is 1. The smallest absolute Gasteiger partial charge is 0.149 e. The van der Waals surface area contributed by atoms with Gasteiger partial charge in [0, 0.05) is 12.0 Å². The fourth-order valence-corrected chi connectivity index (χ4v) is 2.16. The Kier molecular flexibility index (Phi) is 3.61. The van der Waals surface area contributed by atoms with Gasteiger partial charge in [0.05, 0.1) is 7.11 Å². The van der Waals surface area contributed by atoms with E-state index in [1.54, 1.807) is 19.2 Å². The second-order valence-electron chi connectivity index (χ2n) is 4.34. The number of nitrogens with two attached hydrogens (primary N) is 1. The quantitative estimate of drug-likeness (QED) is 0.647. The van der Waals surface area contributed by atoms with Crippen molar-refractivity contribution in [2.24, 2.45) is 16.6 Å². The van der Waals surface area contributed by atoms with Gasteiger partial charge in [-0.25, -0.2) is 9.38 Å². The van der Waals surface area contributed by atoms with Crippen LogP contribution in [0.15, 0.2) is 23.2 Å². The molecule has 4 heteroatoms. The summed E-state index contributed by atoms with van der Waals surface area (Å²) in [6.45, 7) is 0. The third kappa shape index (κ3) is 2.75. The first-order valence-electron chi connectivity index (χ1n) is 5.88. The maximum atomic E-state index is 13.5. The fourth-order valence-electron chi connectivity index (χ4n) is 2.16. The second-order valence-corrected chi connectivity index (χ2v) is 4.34. The van der Waals surface area contributed by atoms with Gasteiger partial charge in [0.15, 0.2) is 0 Å². The van der Waals surface area contributed by atoms with Crippen LogP contribution >= 0.6 is 0 Å². The van der Waals surface area contributed by atoms with E-state index in [-0.39, 0.29) is 11.5 Å². The van der Waals surface area contributed by atoms with Gasteiger partial charge in [-0.15, -0.1) is 0 Å². The molecule has 0 atom stereocenters. The van der Waals surface area contributed by atoms with Crippen LogP contribution in [0.2, 0.25) is 0 Å². The normalized spacial score (nSPS) is 17.4. The largest absolute Gasteiger partial charge is 0.497 e. The van der Waals surface area contributed by atoms with Crippen molar-refractivity contribution in [1.82, 2.24) is 0 Å². The average molecular weight is 236 g/mol.